The highest BCUT2D eigenvalue weighted by Crippen LogP contribution is 2.20. The number of hydrogen-bond acceptors (Lipinski definition) is 4. The van der Waals surface area contributed by atoms with Crippen LogP contribution in [0.4, 0.5) is 0 Å². The molecule has 0 aliphatic heterocycles. The van der Waals surface area contributed by atoms with Crippen molar-refractivity contribution in [3.05, 3.63) is 66.2 Å². The molecule has 2 N–H and O–H groups in total. The maximum atomic E-state index is 6.12. The summed E-state index contributed by atoms with van der Waals surface area (Å²) >= 11 is 0. The van der Waals surface area contributed by atoms with Crippen molar-refractivity contribution in [2.45, 2.75) is 19.0 Å². The summed E-state index contributed by atoms with van der Waals surface area (Å²) in [6.07, 6.45) is 0. The molecule has 1 aromatic heterocycles. The second-order valence-electron chi connectivity index (χ2n) is 5.01. The van der Waals surface area contributed by atoms with Gasteiger partial charge in [-0.2, -0.15) is 4.80 Å². The molecular formula is C16H17N5. The summed E-state index contributed by atoms with van der Waals surface area (Å²) in [6.45, 7) is 1.95. The number of benzene rings is 2. The number of tetrazole rings is 1. The Balaban J connectivity index is 1.97. The van der Waals surface area contributed by atoms with E-state index in [-0.39, 0.29) is 12.1 Å². The van der Waals surface area contributed by atoms with Crippen LogP contribution in [-0.2, 0) is 0 Å². The minimum Gasteiger partial charge on any atom is -0.326 e. The zero-order valence-electron chi connectivity index (χ0n) is 11.8. The van der Waals surface area contributed by atoms with Gasteiger partial charge in [0.2, 0.25) is 5.82 Å². The van der Waals surface area contributed by atoms with E-state index >= 15 is 0 Å². The van der Waals surface area contributed by atoms with Gasteiger partial charge in [0.05, 0.1) is 0 Å². The van der Waals surface area contributed by atoms with Crippen LogP contribution in [0.25, 0.3) is 11.4 Å². The highest BCUT2D eigenvalue weighted by molar-refractivity contribution is 5.53. The summed E-state index contributed by atoms with van der Waals surface area (Å²) in [5.41, 5.74) is 8.14. The van der Waals surface area contributed by atoms with E-state index in [4.69, 9.17) is 5.73 Å². The fourth-order valence-corrected chi connectivity index (χ4v) is 2.34. The van der Waals surface area contributed by atoms with Gasteiger partial charge < -0.3 is 5.73 Å². The minimum atomic E-state index is -0.129. The molecule has 0 radical (unpaired) electrons. The van der Waals surface area contributed by atoms with Crippen molar-refractivity contribution in [1.29, 1.82) is 0 Å². The van der Waals surface area contributed by atoms with Crippen LogP contribution in [0, 0.1) is 0 Å². The third-order valence-electron chi connectivity index (χ3n) is 3.35. The van der Waals surface area contributed by atoms with E-state index in [2.05, 4.69) is 15.4 Å². The molecule has 0 amide bonds. The monoisotopic (exact) mass is 279 g/mol. The molecule has 0 aliphatic rings. The largest absolute Gasteiger partial charge is 0.326 e. The van der Waals surface area contributed by atoms with Gasteiger partial charge in [-0.05, 0) is 17.7 Å². The lowest BCUT2D eigenvalue weighted by Gasteiger charge is -2.19. The molecule has 0 fully saturated rings. The maximum Gasteiger partial charge on any atom is 0.204 e. The molecule has 2 atom stereocenters. The highest BCUT2D eigenvalue weighted by atomic mass is 15.6. The Hall–Kier alpha value is -2.53. The van der Waals surface area contributed by atoms with Gasteiger partial charge in [-0.1, -0.05) is 60.7 Å². The fourth-order valence-electron chi connectivity index (χ4n) is 2.34. The van der Waals surface area contributed by atoms with Crippen molar-refractivity contribution < 1.29 is 0 Å². The van der Waals surface area contributed by atoms with Gasteiger partial charge in [0.15, 0.2) is 0 Å². The molecule has 0 saturated heterocycles. The molecule has 5 nitrogen and oxygen atoms in total. The first kappa shape index (κ1) is 13.5. The van der Waals surface area contributed by atoms with Gasteiger partial charge >= 0.3 is 0 Å². The fraction of sp³-hybridized carbons (Fsp3) is 0.188. The van der Waals surface area contributed by atoms with Crippen LogP contribution in [0.15, 0.2) is 60.7 Å². The third-order valence-corrected chi connectivity index (χ3v) is 3.35. The van der Waals surface area contributed by atoms with Gasteiger partial charge in [-0.3, -0.25) is 0 Å². The van der Waals surface area contributed by atoms with Crippen molar-refractivity contribution in [2.24, 2.45) is 5.73 Å². The third kappa shape index (κ3) is 2.83. The molecule has 3 aromatic rings. The molecule has 106 valence electrons. The molecule has 0 bridgehead atoms. The summed E-state index contributed by atoms with van der Waals surface area (Å²) in [6, 6.07) is 19.6. The SMILES string of the molecule is CC(N)C(c1ccccc1)n1nnc(-c2ccccc2)n1. The Kier molecular flexibility index (Phi) is 3.75. The van der Waals surface area contributed by atoms with Crippen LogP contribution in [0.5, 0.6) is 0 Å². The van der Waals surface area contributed by atoms with E-state index in [1.165, 1.54) is 0 Å². The Morgan fingerprint density at radius 3 is 2.19 bits per heavy atom. The second-order valence-corrected chi connectivity index (χ2v) is 5.01. The average Bonchev–Trinajstić information content (AvgIpc) is 2.98. The molecule has 3 rings (SSSR count). The minimum absolute atomic E-state index is 0.120. The molecule has 5 heteroatoms. The molecule has 21 heavy (non-hydrogen) atoms. The van der Waals surface area contributed by atoms with Crippen LogP contribution in [0.1, 0.15) is 18.5 Å². The molecule has 1 heterocycles. The zero-order valence-corrected chi connectivity index (χ0v) is 11.8. The first-order valence-corrected chi connectivity index (χ1v) is 6.91. The van der Waals surface area contributed by atoms with E-state index in [1.807, 2.05) is 67.6 Å². The Labute approximate surface area is 123 Å². The summed E-state index contributed by atoms with van der Waals surface area (Å²) in [5.74, 6) is 0.609. The lowest BCUT2D eigenvalue weighted by molar-refractivity contribution is 0.400. The topological polar surface area (TPSA) is 69.6 Å². The van der Waals surface area contributed by atoms with E-state index in [0.717, 1.165) is 11.1 Å². The first-order valence-electron chi connectivity index (χ1n) is 6.91. The molecule has 0 aliphatic carbocycles. The molecule has 2 unspecified atom stereocenters. The zero-order chi connectivity index (χ0) is 14.7. The van der Waals surface area contributed by atoms with Crippen molar-refractivity contribution in [1.82, 2.24) is 20.2 Å². The smallest absolute Gasteiger partial charge is 0.204 e. The van der Waals surface area contributed by atoms with Gasteiger partial charge in [-0.25, -0.2) is 0 Å². The molecule has 2 aromatic carbocycles. The van der Waals surface area contributed by atoms with E-state index in [1.54, 1.807) is 4.80 Å². The lowest BCUT2D eigenvalue weighted by atomic mass is 10.0. The normalized spacial score (nSPS) is 13.8. The summed E-state index contributed by atoms with van der Waals surface area (Å²) in [4.78, 5) is 1.60. The average molecular weight is 279 g/mol. The lowest BCUT2D eigenvalue weighted by Crippen LogP contribution is -2.31. The number of hydrogen-bond donors (Lipinski definition) is 1. The Bertz CT molecular complexity index is 691. The van der Waals surface area contributed by atoms with Gasteiger partial charge in [0.25, 0.3) is 0 Å². The van der Waals surface area contributed by atoms with Crippen molar-refractivity contribution in [3.63, 3.8) is 0 Å². The van der Waals surface area contributed by atoms with Crippen LogP contribution >= 0.6 is 0 Å². The van der Waals surface area contributed by atoms with Crippen molar-refractivity contribution in [2.75, 3.05) is 0 Å². The maximum absolute atomic E-state index is 6.12. The highest BCUT2D eigenvalue weighted by Gasteiger charge is 2.21. The summed E-state index contributed by atoms with van der Waals surface area (Å²) in [7, 11) is 0. The number of nitrogens with two attached hydrogens (primary N) is 1. The van der Waals surface area contributed by atoms with Crippen LogP contribution in [0.3, 0.4) is 0 Å². The summed E-state index contributed by atoms with van der Waals surface area (Å²) < 4.78 is 0. The van der Waals surface area contributed by atoms with Crippen LogP contribution in [-0.4, -0.2) is 26.2 Å². The van der Waals surface area contributed by atoms with Crippen molar-refractivity contribution >= 4 is 0 Å². The van der Waals surface area contributed by atoms with Gasteiger partial charge in [0.1, 0.15) is 6.04 Å². The van der Waals surface area contributed by atoms with Crippen molar-refractivity contribution in [3.8, 4) is 11.4 Å². The predicted octanol–water partition coefficient (Wildman–Crippen LogP) is 2.28. The quantitative estimate of drug-likeness (QED) is 0.795. The van der Waals surface area contributed by atoms with Crippen LogP contribution < -0.4 is 5.73 Å². The molecule has 0 saturated carbocycles. The van der Waals surface area contributed by atoms with E-state index in [0.29, 0.717) is 5.82 Å². The summed E-state index contributed by atoms with van der Waals surface area (Å²) in [5, 5.41) is 12.8. The predicted molar refractivity (Wildman–Crippen MR) is 81.5 cm³/mol. The number of rotatable bonds is 4. The van der Waals surface area contributed by atoms with Gasteiger partial charge in [0, 0.05) is 11.6 Å². The van der Waals surface area contributed by atoms with E-state index in [9.17, 15) is 0 Å². The van der Waals surface area contributed by atoms with Crippen LogP contribution in [0.2, 0.25) is 0 Å². The van der Waals surface area contributed by atoms with E-state index < -0.39 is 0 Å². The number of nitrogens with zero attached hydrogens (tertiary/aromatic N) is 4. The molecular weight excluding hydrogens is 262 g/mol. The Morgan fingerprint density at radius 1 is 0.952 bits per heavy atom. The van der Waals surface area contributed by atoms with Gasteiger partial charge in [-0.15, -0.1) is 10.2 Å². The standard InChI is InChI=1S/C16H17N5/c1-12(17)15(13-8-4-2-5-9-13)21-19-16(18-20-21)14-10-6-3-7-11-14/h2-12,15H,17H2,1H3. The Morgan fingerprint density at radius 2 is 1.57 bits per heavy atom. The molecule has 0 spiro atoms. The first-order chi connectivity index (χ1) is 10.3. The number of aromatic nitrogens is 4. The second kappa shape index (κ2) is 5.85.